The number of aromatic nitrogens is 4. The highest BCUT2D eigenvalue weighted by molar-refractivity contribution is 5.83. The quantitative estimate of drug-likeness (QED) is 0.179. The summed E-state index contributed by atoms with van der Waals surface area (Å²) in [7, 11) is 2.95. The number of H-pyrrole nitrogens is 2. The van der Waals surface area contributed by atoms with Gasteiger partial charge >= 0.3 is 12.2 Å². The number of hydrogen-bond donors (Lipinski definition) is 3. The van der Waals surface area contributed by atoms with Gasteiger partial charge in [-0.25, -0.2) is 19.6 Å². The number of alkyl carbamates (subject to hydrolysis) is 1. The van der Waals surface area contributed by atoms with E-state index in [0.717, 1.165) is 64.6 Å². The summed E-state index contributed by atoms with van der Waals surface area (Å²) in [5.74, 6) is 1.48. The molecule has 0 bridgehead atoms. The van der Waals surface area contributed by atoms with Crippen LogP contribution in [0.1, 0.15) is 70.7 Å². The Morgan fingerprint density at radius 1 is 0.843 bits per heavy atom. The number of aromatic amines is 2. The minimum atomic E-state index is -0.635. The van der Waals surface area contributed by atoms with Crippen LogP contribution in [0.5, 0.6) is 0 Å². The molecule has 3 amide bonds. The van der Waals surface area contributed by atoms with E-state index in [9.17, 15) is 14.4 Å². The predicted octanol–water partition coefficient (Wildman–Crippen LogP) is 6.49. The Bertz CT molecular complexity index is 1830. The van der Waals surface area contributed by atoms with Crippen molar-refractivity contribution in [2.24, 2.45) is 5.92 Å². The first-order chi connectivity index (χ1) is 24.4. The number of likely N-dealkylation sites (tertiary alicyclic amines) is 2. The fourth-order valence-electron chi connectivity index (χ4n) is 7.03. The van der Waals surface area contributed by atoms with Crippen molar-refractivity contribution in [3.63, 3.8) is 0 Å². The molecule has 13 heteroatoms. The highest BCUT2D eigenvalue weighted by Gasteiger charge is 2.40. The van der Waals surface area contributed by atoms with Crippen molar-refractivity contribution in [2.75, 3.05) is 33.9 Å². The molecule has 4 unspecified atom stereocenters. The number of nitrogens with one attached hydrogen (secondary N) is 3. The largest absolute Gasteiger partial charge is 0.453 e. The molecule has 13 nitrogen and oxygen atoms in total. The van der Waals surface area contributed by atoms with Crippen LogP contribution in [-0.4, -0.2) is 93.4 Å². The summed E-state index contributed by atoms with van der Waals surface area (Å²) in [5.41, 5.74) is 5.25. The molecule has 3 N–H and O–H groups in total. The summed E-state index contributed by atoms with van der Waals surface area (Å²) < 4.78 is 15.7. The molecule has 2 aliphatic heterocycles. The standard InChI is InChI=1S/C38H47N7O6/c1-23-7-16-31(45(23)33(46)20-41-36(47)50-6)34-39-18-29(42-34)27-12-8-25(9-13-27)26-10-14-28(15-11-26)30-19-40-35(43-30)32-17-24(22-49-5)21-44(32)37(48)51-38(2,3)4/h8-15,18-19,23-24,31-32H,7,16-17,20-22H2,1-6H3,(H,39,42)(H,40,43)(H,41,47). The second-order valence-corrected chi connectivity index (χ2v) is 14.3. The maximum absolute atomic E-state index is 13.1. The number of nitrogens with zero attached hydrogens (tertiary/aromatic N) is 4. The molecule has 0 radical (unpaired) electrons. The van der Waals surface area contributed by atoms with Gasteiger partial charge in [0.05, 0.1) is 49.6 Å². The zero-order valence-electron chi connectivity index (χ0n) is 30.1. The average molecular weight is 698 g/mol. The van der Waals surface area contributed by atoms with Crippen LogP contribution in [0.4, 0.5) is 9.59 Å². The molecule has 2 aromatic heterocycles. The summed E-state index contributed by atoms with van der Waals surface area (Å²) in [6.07, 6.45) is 5.00. The normalized spacial score (nSPS) is 20.4. The molecule has 4 atom stereocenters. The molecule has 270 valence electrons. The molecule has 51 heavy (non-hydrogen) atoms. The van der Waals surface area contributed by atoms with E-state index in [4.69, 9.17) is 9.47 Å². The fraction of sp³-hybridized carbons (Fsp3) is 0.447. The Labute approximate surface area is 298 Å². The molecule has 2 saturated heterocycles. The van der Waals surface area contributed by atoms with Gasteiger partial charge in [-0.05, 0) is 69.2 Å². The fourth-order valence-corrected chi connectivity index (χ4v) is 7.03. The van der Waals surface area contributed by atoms with E-state index in [1.54, 1.807) is 23.1 Å². The number of imidazole rings is 2. The van der Waals surface area contributed by atoms with E-state index in [-0.39, 0.29) is 42.6 Å². The Morgan fingerprint density at radius 3 is 1.92 bits per heavy atom. The van der Waals surface area contributed by atoms with Gasteiger partial charge in [0.2, 0.25) is 5.91 Å². The van der Waals surface area contributed by atoms with Crippen LogP contribution < -0.4 is 5.32 Å². The Hall–Kier alpha value is -5.17. The van der Waals surface area contributed by atoms with Crippen LogP contribution in [0.2, 0.25) is 0 Å². The summed E-state index contributed by atoms with van der Waals surface area (Å²) >= 11 is 0. The number of ether oxygens (including phenoxy) is 3. The van der Waals surface area contributed by atoms with Crippen LogP contribution >= 0.6 is 0 Å². The number of carbonyl (C=O) groups is 3. The van der Waals surface area contributed by atoms with Crippen molar-refractivity contribution < 1.29 is 28.6 Å². The summed E-state index contributed by atoms with van der Waals surface area (Å²) in [6.45, 7) is 8.60. The second kappa shape index (κ2) is 15.0. The lowest BCUT2D eigenvalue weighted by Crippen LogP contribution is -2.43. The third kappa shape index (κ3) is 8.09. The maximum Gasteiger partial charge on any atom is 0.410 e. The second-order valence-electron chi connectivity index (χ2n) is 14.3. The summed E-state index contributed by atoms with van der Waals surface area (Å²) in [5, 5.41) is 2.48. The Kier molecular flexibility index (Phi) is 10.5. The van der Waals surface area contributed by atoms with Crippen molar-refractivity contribution in [2.45, 2.75) is 70.7 Å². The molecule has 2 aliphatic rings. The molecule has 4 aromatic rings. The van der Waals surface area contributed by atoms with Crippen molar-refractivity contribution in [3.05, 3.63) is 72.6 Å². The molecule has 2 fully saturated rings. The van der Waals surface area contributed by atoms with E-state index in [2.05, 4.69) is 78.5 Å². The van der Waals surface area contributed by atoms with Crippen LogP contribution in [0.25, 0.3) is 33.6 Å². The first-order valence-electron chi connectivity index (χ1n) is 17.4. The third-order valence-corrected chi connectivity index (χ3v) is 9.49. The number of hydrogen-bond acceptors (Lipinski definition) is 8. The van der Waals surface area contributed by atoms with Crippen molar-refractivity contribution in [1.29, 1.82) is 0 Å². The average Bonchev–Trinajstić information content (AvgIpc) is 3.93. The van der Waals surface area contributed by atoms with E-state index >= 15 is 0 Å². The van der Waals surface area contributed by atoms with E-state index in [1.165, 1.54) is 7.11 Å². The number of benzene rings is 2. The minimum Gasteiger partial charge on any atom is -0.453 e. The van der Waals surface area contributed by atoms with E-state index < -0.39 is 11.7 Å². The lowest BCUT2D eigenvalue weighted by molar-refractivity contribution is -0.133. The molecular formula is C38H47N7O6. The van der Waals surface area contributed by atoms with Crippen LogP contribution in [0, 0.1) is 5.92 Å². The molecule has 4 heterocycles. The minimum absolute atomic E-state index is 0.0344. The third-order valence-electron chi connectivity index (χ3n) is 9.49. The van der Waals surface area contributed by atoms with Crippen molar-refractivity contribution in [3.8, 4) is 33.6 Å². The highest BCUT2D eigenvalue weighted by Crippen LogP contribution is 2.38. The van der Waals surface area contributed by atoms with Gasteiger partial charge in [0.25, 0.3) is 0 Å². The van der Waals surface area contributed by atoms with E-state index in [1.807, 2.05) is 33.9 Å². The molecule has 0 aliphatic carbocycles. The van der Waals surface area contributed by atoms with Gasteiger partial charge < -0.3 is 34.4 Å². The van der Waals surface area contributed by atoms with Crippen LogP contribution in [0.3, 0.4) is 0 Å². The van der Waals surface area contributed by atoms with Crippen molar-refractivity contribution in [1.82, 2.24) is 35.1 Å². The molecule has 0 saturated carbocycles. The monoisotopic (exact) mass is 697 g/mol. The van der Waals surface area contributed by atoms with Gasteiger partial charge in [-0.15, -0.1) is 0 Å². The summed E-state index contributed by atoms with van der Waals surface area (Å²) in [6, 6.07) is 16.2. The van der Waals surface area contributed by atoms with Gasteiger partial charge in [0.1, 0.15) is 23.8 Å². The number of carbonyl (C=O) groups excluding carboxylic acids is 3. The Morgan fingerprint density at radius 2 is 1.39 bits per heavy atom. The summed E-state index contributed by atoms with van der Waals surface area (Å²) in [4.78, 5) is 57.3. The van der Waals surface area contributed by atoms with Gasteiger partial charge in [-0.2, -0.15) is 0 Å². The predicted molar refractivity (Wildman–Crippen MR) is 191 cm³/mol. The lowest BCUT2D eigenvalue weighted by Gasteiger charge is -2.27. The number of methoxy groups -OCH3 is 2. The zero-order valence-corrected chi connectivity index (χ0v) is 30.1. The topological polar surface area (TPSA) is 155 Å². The zero-order chi connectivity index (χ0) is 36.3. The SMILES string of the molecule is COCC1CC(c2ncc(-c3ccc(-c4ccc(-c5cnc(C6CCC(C)N6C(=O)CNC(=O)OC)[nH]5)cc4)cc3)[nH]2)N(C(=O)OC(C)(C)C)C1. The molecular weight excluding hydrogens is 650 g/mol. The first kappa shape index (κ1) is 35.6. The molecule has 0 spiro atoms. The lowest BCUT2D eigenvalue weighted by atomic mass is 10.0. The highest BCUT2D eigenvalue weighted by atomic mass is 16.6. The van der Waals surface area contributed by atoms with Gasteiger partial charge in [-0.3, -0.25) is 9.69 Å². The first-order valence-corrected chi connectivity index (χ1v) is 17.4. The maximum atomic E-state index is 13.1. The van der Waals surface area contributed by atoms with Crippen LogP contribution in [-0.2, 0) is 19.0 Å². The van der Waals surface area contributed by atoms with Gasteiger partial charge in [-0.1, -0.05) is 48.5 Å². The van der Waals surface area contributed by atoms with Crippen molar-refractivity contribution >= 4 is 18.1 Å². The smallest absolute Gasteiger partial charge is 0.410 e. The van der Waals surface area contributed by atoms with E-state index in [0.29, 0.717) is 13.2 Å². The number of rotatable bonds is 9. The van der Waals surface area contributed by atoms with Gasteiger partial charge in [0, 0.05) is 25.6 Å². The number of amides is 3. The Balaban J connectivity index is 1.12. The molecule has 6 rings (SSSR count). The molecule has 2 aromatic carbocycles. The van der Waals surface area contributed by atoms with Gasteiger partial charge in [0.15, 0.2) is 0 Å². The van der Waals surface area contributed by atoms with Crippen LogP contribution in [0.15, 0.2) is 60.9 Å².